The molecule has 5 amide bonds. The minimum Gasteiger partial charge on any atom is -0.479 e. The number of unbranched alkanes of at least 4 members (excludes halogenated alkanes) is 1. The van der Waals surface area contributed by atoms with E-state index in [-0.39, 0.29) is 55.9 Å². The highest BCUT2D eigenvalue weighted by Crippen LogP contribution is 2.31. The van der Waals surface area contributed by atoms with Crippen LogP contribution in [0.2, 0.25) is 0 Å². The highest BCUT2D eigenvalue weighted by Gasteiger charge is 2.42. The van der Waals surface area contributed by atoms with Crippen molar-refractivity contribution in [3.8, 4) is 5.75 Å². The summed E-state index contributed by atoms with van der Waals surface area (Å²) in [6.45, 7) is 24.8. The third kappa shape index (κ3) is 66.6. The SMILES string of the molecule is COCCOCCOCCOCCOCCOCCOCCOCCOCCOCCOCCOCCOCCOCCOCCOCCOCCOCCOCCOCCOCCOCCOCCOCCC(=O)NCCCC[C@H](N)C(=O)NCCC(=O)Nc1cc(COC(=O)N(C)[C@H](C(N)=O)C(C)C)ccc1O[C@@H]1O[C@H](C(=O)O)C[C@H](O)[C@H]1O. The number of rotatable bonds is 90. The fourth-order valence-corrected chi connectivity index (χ4v) is 10.2. The highest BCUT2D eigenvalue weighted by atomic mass is 16.7. The van der Waals surface area contributed by atoms with E-state index < -0.39 is 72.9 Å². The monoisotopic (exact) mass is 1750 g/mol. The molecule has 1 fully saturated rings. The van der Waals surface area contributed by atoms with Crippen molar-refractivity contribution < 1.29 is 172 Å². The van der Waals surface area contributed by atoms with E-state index in [9.17, 15) is 44.1 Å². The molecule has 42 heteroatoms. The van der Waals surface area contributed by atoms with Gasteiger partial charge in [-0.3, -0.25) is 24.1 Å². The summed E-state index contributed by atoms with van der Waals surface area (Å²) in [5.74, 6) is -3.84. The number of primary amides is 1. The van der Waals surface area contributed by atoms with Crippen LogP contribution in [0.4, 0.5) is 10.5 Å². The highest BCUT2D eigenvalue weighted by molar-refractivity contribution is 5.93. The molecule has 1 saturated heterocycles. The summed E-state index contributed by atoms with van der Waals surface area (Å²) in [6, 6.07) is 2.34. The van der Waals surface area contributed by atoms with E-state index in [0.29, 0.717) is 335 Å². The zero-order valence-electron chi connectivity index (χ0n) is 71.8. The topological polar surface area (TPSA) is 504 Å². The van der Waals surface area contributed by atoms with Crippen LogP contribution in [0, 0.1) is 5.92 Å². The summed E-state index contributed by atoms with van der Waals surface area (Å²) in [5.41, 5.74) is 11.9. The van der Waals surface area contributed by atoms with E-state index in [1.54, 1.807) is 21.0 Å². The minimum absolute atomic E-state index is 0.0159. The van der Waals surface area contributed by atoms with Crippen molar-refractivity contribution in [1.82, 2.24) is 15.5 Å². The van der Waals surface area contributed by atoms with Crippen LogP contribution in [-0.4, -0.2) is 430 Å². The maximum atomic E-state index is 13.2. The number of ether oxygens (including phenoxy) is 27. The molecule has 6 atom stereocenters. The molecule has 42 nitrogen and oxygen atoms in total. The molecule has 121 heavy (non-hydrogen) atoms. The van der Waals surface area contributed by atoms with E-state index in [1.165, 1.54) is 25.2 Å². The molecular formula is C79H144N6O36. The zero-order valence-corrected chi connectivity index (χ0v) is 71.8. The molecule has 10 N–H and O–H groups in total. The number of methoxy groups -OCH3 is 1. The molecule has 1 heterocycles. The van der Waals surface area contributed by atoms with E-state index in [2.05, 4.69) is 16.0 Å². The van der Waals surface area contributed by atoms with Crippen LogP contribution in [0.25, 0.3) is 0 Å². The van der Waals surface area contributed by atoms with Gasteiger partial charge in [0.2, 0.25) is 29.9 Å². The van der Waals surface area contributed by atoms with E-state index in [4.69, 9.17) is 139 Å². The molecule has 1 aromatic carbocycles. The smallest absolute Gasteiger partial charge is 0.410 e. The van der Waals surface area contributed by atoms with Gasteiger partial charge in [0.25, 0.3) is 0 Å². The molecule has 1 aromatic rings. The number of hydrogen-bond acceptors (Lipinski definition) is 36. The number of benzene rings is 1. The first kappa shape index (κ1) is 112. The molecule has 0 aromatic heterocycles. The first-order valence-electron chi connectivity index (χ1n) is 41.6. The third-order valence-electron chi connectivity index (χ3n) is 16.6. The number of nitrogens with two attached hydrogens (primary N) is 2. The molecule has 706 valence electrons. The Hall–Kier alpha value is -5.48. The van der Waals surface area contributed by atoms with Gasteiger partial charge in [-0.2, -0.15) is 0 Å². The number of aliphatic hydroxyl groups excluding tert-OH is 2. The number of anilines is 1. The summed E-state index contributed by atoms with van der Waals surface area (Å²) in [4.78, 5) is 75.8. The molecule has 2 rings (SSSR count). The average molecular weight is 1750 g/mol. The van der Waals surface area contributed by atoms with Crippen LogP contribution in [0.5, 0.6) is 5.75 Å². The van der Waals surface area contributed by atoms with Crippen LogP contribution < -0.4 is 32.2 Å². The number of amides is 5. The van der Waals surface area contributed by atoms with Crippen molar-refractivity contribution in [2.75, 3.05) is 343 Å². The van der Waals surface area contributed by atoms with E-state index in [0.717, 1.165) is 4.90 Å². The number of nitrogens with one attached hydrogen (secondary N) is 3. The fraction of sp³-hybridized carbons (Fsp3) is 0.848. The van der Waals surface area contributed by atoms with Crippen molar-refractivity contribution in [3.63, 3.8) is 0 Å². The van der Waals surface area contributed by atoms with Gasteiger partial charge in [0, 0.05) is 46.5 Å². The molecule has 0 saturated carbocycles. The van der Waals surface area contributed by atoms with Crippen LogP contribution >= 0.6 is 0 Å². The third-order valence-corrected chi connectivity index (χ3v) is 16.6. The van der Waals surface area contributed by atoms with Gasteiger partial charge in [0.05, 0.1) is 328 Å². The summed E-state index contributed by atoms with van der Waals surface area (Å²) >= 11 is 0. The number of likely N-dealkylation sites (N-methyl/N-ethyl adjacent to an activating group) is 1. The second kappa shape index (κ2) is 81.6. The number of carboxylic acids is 1. The van der Waals surface area contributed by atoms with Gasteiger partial charge in [0.1, 0.15) is 24.5 Å². The van der Waals surface area contributed by atoms with Crippen molar-refractivity contribution in [2.45, 2.75) is 95.7 Å². The Labute approximate surface area is 712 Å². The van der Waals surface area contributed by atoms with Gasteiger partial charge in [-0.1, -0.05) is 19.9 Å². The van der Waals surface area contributed by atoms with Gasteiger partial charge >= 0.3 is 12.1 Å². The predicted octanol–water partition coefficient (Wildman–Crippen LogP) is -0.458. The molecule has 1 aliphatic heterocycles. The van der Waals surface area contributed by atoms with Gasteiger partial charge < -0.3 is 171 Å². The number of aliphatic hydroxyl groups is 2. The van der Waals surface area contributed by atoms with Crippen molar-refractivity contribution in [3.05, 3.63) is 23.8 Å². The summed E-state index contributed by atoms with van der Waals surface area (Å²) in [6.07, 6.45) is -6.28. The fourth-order valence-electron chi connectivity index (χ4n) is 10.2. The lowest BCUT2D eigenvalue weighted by Gasteiger charge is -2.35. The number of aliphatic carboxylic acids is 1. The first-order valence-corrected chi connectivity index (χ1v) is 41.6. The molecule has 1 aliphatic rings. The van der Waals surface area contributed by atoms with Crippen molar-refractivity contribution in [1.29, 1.82) is 0 Å². The summed E-state index contributed by atoms with van der Waals surface area (Å²) in [5, 5.41) is 38.4. The molecule has 0 radical (unpaired) electrons. The Bertz CT molecular complexity index is 2630. The van der Waals surface area contributed by atoms with Gasteiger partial charge in [-0.15, -0.1) is 0 Å². The van der Waals surface area contributed by atoms with Gasteiger partial charge in [-0.25, -0.2) is 9.59 Å². The number of carboxylic acid groups (broad SMARTS) is 1. The lowest BCUT2D eigenvalue weighted by atomic mass is 10.0. The normalized spacial score (nSPS) is 15.2. The predicted molar refractivity (Wildman–Crippen MR) is 432 cm³/mol. The van der Waals surface area contributed by atoms with E-state index >= 15 is 0 Å². The number of hydrogen-bond donors (Lipinski definition) is 8. The Kier molecular flexibility index (Phi) is 75.2. The average Bonchev–Trinajstić information content (AvgIpc) is 0.812. The maximum Gasteiger partial charge on any atom is 0.410 e. The molecular weight excluding hydrogens is 1610 g/mol. The summed E-state index contributed by atoms with van der Waals surface area (Å²) in [7, 11) is 3.00. The van der Waals surface area contributed by atoms with Crippen LogP contribution in [0.3, 0.4) is 0 Å². The number of nitrogens with zero attached hydrogens (tertiary/aromatic N) is 1. The Morgan fingerprint density at radius 3 is 1.10 bits per heavy atom. The lowest BCUT2D eigenvalue weighted by Crippen LogP contribution is -2.52. The number of carbonyl (C=O) groups excluding carboxylic acids is 5. The lowest BCUT2D eigenvalue weighted by molar-refractivity contribution is -0.238. The summed E-state index contributed by atoms with van der Waals surface area (Å²) < 4.78 is 148. The molecule has 0 aliphatic carbocycles. The second-order valence-corrected chi connectivity index (χ2v) is 26.7. The number of carbonyl (C=O) groups is 6. The van der Waals surface area contributed by atoms with Crippen LogP contribution in [0.1, 0.15) is 57.9 Å². The zero-order chi connectivity index (χ0) is 87.7. The standard InChI is InChI=1S/C79H144N6O36/c1-64(2)73(75(81)90)85(3)79(94)119-63-65-8-9-69(120-78-74(89)68(86)62-70(121-78)77(92)93)67(61-65)84-72(88)10-13-83-76(91)66(80)7-5-6-12-82-71(87)11-14-96-17-18-98-21-22-100-25-26-102-29-30-104-33-34-106-37-38-108-41-42-110-45-46-112-49-50-114-53-54-116-57-58-118-60-59-117-56-55-115-52-51-113-48-47-111-44-43-109-40-39-107-36-35-105-32-31-103-28-27-101-24-23-99-20-19-97-16-15-95-4/h8-9,61,64,66,68,70,73-74,78,86,89H,5-7,10-60,62-63,80H2,1-4H3,(H2,81,90)(H,82,87)(H,83,91)(H,84,88)(H,92,93)/t66-,68-,70-,73-,74+,78+/m0/s1. The second-order valence-electron chi connectivity index (χ2n) is 26.7. The quantitative estimate of drug-likeness (QED) is 0.0383. The Balaban J connectivity index is 1.25. The molecule has 0 bridgehead atoms. The van der Waals surface area contributed by atoms with Crippen LogP contribution in [0.15, 0.2) is 18.2 Å². The largest absolute Gasteiger partial charge is 0.479 e. The van der Waals surface area contributed by atoms with E-state index in [1.807, 2.05) is 0 Å². The van der Waals surface area contributed by atoms with Gasteiger partial charge in [0.15, 0.2) is 6.10 Å². The maximum absolute atomic E-state index is 13.2. The minimum atomic E-state index is -1.66. The first-order chi connectivity index (χ1) is 59.0. The molecule has 0 spiro atoms. The Morgan fingerprint density at radius 1 is 0.455 bits per heavy atom. The van der Waals surface area contributed by atoms with Gasteiger partial charge in [-0.05, 0) is 42.9 Å². The Morgan fingerprint density at radius 2 is 0.785 bits per heavy atom. The van der Waals surface area contributed by atoms with Crippen molar-refractivity contribution >= 4 is 41.4 Å². The van der Waals surface area contributed by atoms with Crippen LogP contribution in [-0.2, 0) is 154 Å². The molecule has 0 unspecified atom stereocenters. The van der Waals surface area contributed by atoms with Crippen molar-refractivity contribution in [2.24, 2.45) is 17.4 Å².